The first-order chi connectivity index (χ1) is 6.38. The van der Waals surface area contributed by atoms with Crippen LogP contribution in [0.5, 0.6) is 0 Å². The molecule has 0 aromatic carbocycles. The Kier molecular flexibility index (Phi) is 3.56. The second-order valence-electron chi connectivity index (χ2n) is 4.32. The van der Waals surface area contributed by atoms with E-state index in [1.54, 1.807) is 24.9 Å². The first kappa shape index (κ1) is 11.5. The fourth-order valence-electron chi connectivity index (χ4n) is 1.01. The Labute approximate surface area is 89.8 Å². The number of thioether (sulfide) groups is 1. The van der Waals surface area contributed by atoms with Crippen LogP contribution in [-0.2, 0) is 0 Å². The maximum absolute atomic E-state index is 9.30. The molecule has 0 radical (unpaired) electrons. The Morgan fingerprint density at radius 3 is 2.36 bits per heavy atom. The molecule has 0 aliphatic carbocycles. The number of hydrogen-bond donors (Lipinski definition) is 1. The lowest BCUT2D eigenvalue weighted by atomic mass is 10.2. The van der Waals surface area contributed by atoms with E-state index in [-0.39, 0.29) is 4.75 Å². The van der Waals surface area contributed by atoms with Gasteiger partial charge in [-0.2, -0.15) is 0 Å². The number of pyridine rings is 1. The molecule has 0 amide bonds. The molecule has 1 N–H and O–H groups in total. The molecule has 3 heteroatoms. The number of aliphatic hydroxyl groups excluding tert-OH is 1. The van der Waals surface area contributed by atoms with E-state index in [1.165, 1.54) is 0 Å². The maximum atomic E-state index is 9.30. The van der Waals surface area contributed by atoms with Crippen LogP contribution < -0.4 is 0 Å². The van der Waals surface area contributed by atoms with Gasteiger partial charge in [0, 0.05) is 10.9 Å². The zero-order valence-corrected chi connectivity index (χ0v) is 9.93. The van der Waals surface area contributed by atoms with Gasteiger partial charge in [-0.05, 0) is 18.6 Å². The first-order valence-corrected chi connectivity index (χ1v) is 5.53. The SMILES string of the molecule is C[C@@H](O)c1ccc(SC(C)(C)C)nc1. The van der Waals surface area contributed by atoms with Gasteiger partial charge in [0.1, 0.15) is 0 Å². The lowest BCUT2D eigenvalue weighted by Gasteiger charge is -2.16. The summed E-state index contributed by atoms with van der Waals surface area (Å²) in [5.41, 5.74) is 0.864. The first-order valence-electron chi connectivity index (χ1n) is 4.71. The Morgan fingerprint density at radius 1 is 1.36 bits per heavy atom. The van der Waals surface area contributed by atoms with Crippen LogP contribution in [0.3, 0.4) is 0 Å². The molecule has 1 rings (SSSR count). The fraction of sp³-hybridized carbons (Fsp3) is 0.545. The van der Waals surface area contributed by atoms with Gasteiger partial charge in [0.15, 0.2) is 0 Å². The van der Waals surface area contributed by atoms with Gasteiger partial charge < -0.3 is 5.11 Å². The average Bonchev–Trinajstić information content (AvgIpc) is 2.02. The number of aromatic nitrogens is 1. The summed E-state index contributed by atoms with van der Waals surface area (Å²) in [6.45, 7) is 8.21. The zero-order valence-electron chi connectivity index (χ0n) is 9.11. The molecule has 0 fully saturated rings. The summed E-state index contributed by atoms with van der Waals surface area (Å²) in [4.78, 5) is 4.29. The van der Waals surface area contributed by atoms with E-state index in [1.807, 2.05) is 12.1 Å². The summed E-state index contributed by atoms with van der Waals surface area (Å²) < 4.78 is 0.180. The molecule has 0 unspecified atom stereocenters. The fourth-order valence-corrected chi connectivity index (χ4v) is 1.88. The Morgan fingerprint density at radius 2 is 2.00 bits per heavy atom. The van der Waals surface area contributed by atoms with Gasteiger partial charge in [-0.15, -0.1) is 11.8 Å². The molecule has 78 valence electrons. The van der Waals surface area contributed by atoms with E-state index < -0.39 is 6.10 Å². The van der Waals surface area contributed by atoms with E-state index in [9.17, 15) is 5.11 Å². The molecule has 0 aliphatic rings. The molecule has 1 aromatic heterocycles. The molecule has 2 nitrogen and oxygen atoms in total. The summed E-state index contributed by atoms with van der Waals surface area (Å²) in [7, 11) is 0. The second-order valence-corrected chi connectivity index (χ2v) is 6.17. The van der Waals surface area contributed by atoms with E-state index in [4.69, 9.17) is 0 Å². The van der Waals surface area contributed by atoms with Gasteiger partial charge in [0.25, 0.3) is 0 Å². The van der Waals surface area contributed by atoms with Crippen molar-refractivity contribution in [2.45, 2.75) is 43.6 Å². The van der Waals surface area contributed by atoms with Crippen LogP contribution in [0.2, 0.25) is 0 Å². The van der Waals surface area contributed by atoms with Crippen LogP contribution >= 0.6 is 11.8 Å². The molecule has 0 aliphatic heterocycles. The molecular weight excluding hydrogens is 194 g/mol. The van der Waals surface area contributed by atoms with Crippen molar-refractivity contribution >= 4 is 11.8 Å². The Hall–Kier alpha value is -0.540. The minimum absolute atomic E-state index is 0.180. The van der Waals surface area contributed by atoms with Gasteiger partial charge in [0.05, 0.1) is 11.1 Å². The van der Waals surface area contributed by atoms with Crippen molar-refractivity contribution in [2.75, 3.05) is 0 Å². The van der Waals surface area contributed by atoms with Crippen LogP contribution in [-0.4, -0.2) is 14.8 Å². The second kappa shape index (κ2) is 4.32. The van der Waals surface area contributed by atoms with Crippen molar-refractivity contribution in [3.05, 3.63) is 23.9 Å². The topological polar surface area (TPSA) is 33.1 Å². The number of nitrogens with zero attached hydrogens (tertiary/aromatic N) is 1. The lowest BCUT2D eigenvalue weighted by Crippen LogP contribution is -2.07. The molecule has 1 aromatic rings. The molecule has 0 bridgehead atoms. The van der Waals surface area contributed by atoms with Crippen molar-refractivity contribution in [3.8, 4) is 0 Å². The molecule has 0 spiro atoms. The lowest BCUT2D eigenvalue weighted by molar-refractivity contribution is 0.198. The number of hydrogen-bond acceptors (Lipinski definition) is 3. The largest absolute Gasteiger partial charge is 0.389 e. The monoisotopic (exact) mass is 211 g/mol. The number of aliphatic hydroxyl groups is 1. The molecule has 1 atom stereocenters. The van der Waals surface area contributed by atoms with Crippen molar-refractivity contribution in [3.63, 3.8) is 0 Å². The summed E-state index contributed by atoms with van der Waals surface area (Å²) in [6.07, 6.45) is 1.30. The van der Waals surface area contributed by atoms with E-state index in [0.29, 0.717) is 0 Å². The smallest absolute Gasteiger partial charge is 0.0965 e. The predicted octanol–water partition coefficient (Wildman–Crippen LogP) is 3.03. The highest BCUT2D eigenvalue weighted by molar-refractivity contribution is 8.00. The Bertz CT molecular complexity index is 287. The molecule has 14 heavy (non-hydrogen) atoms. The van der Waals surface area contributed by atoms with E-state index in [0.717, 1.165) is 10.6 Å². The van der Waals surface area contributed by atoms with Crippen molar-refractivity contribution in [1.29, 1.82) is 0 Å². The highest BCUT2D eigenvalue weighted by Gasteiger charge is 2.12. The summed E-state index contributed by atoms with van der Waals surface area (Å²) in [5.74, 6) is 0. The predicted molar refractivity (Wildman–Crippen MR) is 60.5 cm³/mol. The third kappa shape index (κ3) is 3.68. The van der Waals surface area contributed by atoms with Crippen molar-refractivity contribution in [2.24, 2.45) is 0 Å². The van der Waals surface area contributed by atoms with Gasteiger partial charge in [-0.25, -0.2) is 4.98 Å². The molecule has 0 saturated carbocycles. The number of rotatable bonds is 2. The zero-order chi connectivity index (χ0) is 10.8. The highest BCUT2D eigenvalue weighted by Crippen LogP contribution is 2.30. The van der Waals surface area contributed by atoms with Gasteiger partial charge in [-0.3, -0.25) is 0 Å². The third-order valence-electron chi connectivity index (χ3n) is 1.65. The minimum Gasteiger partial charge on any atom is -0.389 e. The van der Waals surface area contributed by atoms with Crippen LogP contribution in [0.4, 0.5) is 0 Å². The van der Waals surface area contributed by atoms with Gasteiger partial charge in [0.2, 0.25) is 0 Å². The van der Waals surface area contributed by atoms with Gasteiger partial charge >= 0.3 is 0 Å². The van der Waals surface area contributed by atoms with Crippen LogP contribution in [0, 0.1) is 0 Å². The van der Waals surface area contributed by atoms with Crippen LogP contribution in [0.25, 0.3) is 0 Å². The van der Waals surface area contributed by atoms with Gasteiger partial charge in [-0.1, -0.05) is 26.8 Å². The van der Waals surface area contributed by atoms with Crippen molar-refractivity contribution < 1.29 is 5.11 Å². The van der Waals surface area contributed by atoms with Crippen molar-refractivity contribution in [1.82, 2.24) is 4.98 Å². The van der Waals surface area contributed by atoms with Crippen LogP contribution in [0.1, 0.15) is 39.4 Å². The van der Waals surface area contributed by atoms with E-state index in [2.05, 4.69) is 25.8 Å². The summed E-state index contributed by atoms with van der Waals surface area (Å²) >= 11 is 1.73. The summed E-state index contributed by atoms with van der Waals surface area (Å²) in [6, 6.07) is 3.88. The minimum atomic E-state index is -0.434. The molecule has 1 heterocycles. The average molecular weight is 211 g/mol. The maximum Gasteiger partial charge on any atom is 0.0965 e. The van der Waals surface area contributed by atoms with E-state index >= 15 is 0 Å². The molecular formula is C11H17NOS. The quantitative estimate of drug-likeness (QED) is 0.763. The summed E-state index contributed by atoms with van der Waals surface area (Å²) in [5, 5.41) is 10.3. The highest BCUT2D eigenvalue weighted by atomic mass is 32.2. The normalized spacial score (nSPS) is 14.1. The Balaban J connectivity index is 2.74. The molecule has 0 saturated heterocycles. The third-order valence-corrected chi connectivity index (χ3v) is 2.72. The van der Waals surface area contributed by atoms with Crippen LogP contribution in [0.15, 0.2) is 23.4 Å². The standard InChI is InChI=1S/C11H17NOS/c1-8(13)9-5-6-10(12-7-9)14-11(2,3)4/h5-8,13H,1-4H3/t8-/m1/s1.